The molecule has 2 rings (SSSR count). The van der Waals surface area contributed by atoms with Crippen molar-refractivity contribution in [1.29, 1.82) is 0 Å². The van der Waals surface area contributed by atoms with Gasteiger partial charge in [-0.05, 0) is 31.5 Å². The molecule has 0 amide bonds. The van der Waals surface area contributed by atoms with Gasteiger partial charge in [-0.2, -0.15) is 0 Å². The number of pyridine rings is 1. The summed E-state index contributed by atoms with van der Waals surface area (Å²) in [6.45, 7) is 11.9. The summed E-state index contributed by atoms with van der Waals surface area (Å²) in [5.41, 5.74) is 0.988. The first kappa shape index (κ1) is 20.2. The molecule has 0 aliphatic heterocycles. The van der Waals surface area contributed by atoms with Crippen molar-refractivity contribution in [1.82, 2.24) is 9.47 Å². The standard InChI is InChI=1S/C21H30N2O3/c1-5-22(6-2)13-14-26-21(25)18-15-20(24)23(12-11-16(3)4)19-10-8-7-9-17(18)19/h7-10,15-16H,5-6,11-14H2,1-4H3. The zero-order valence-corrected chi connectivity index (χ0v) is 16.3. The van der Waals surface area contributed by atoms with Crippen LogP contribution in [0.5, 0.6) is 0 Å². The number of esters is 1. The fraction of sp³-hybridized carbons (Fsp3) is 0.524. The molecule has 1 aromatic heterocycles. The van der Waals surface area contributed by atoms with Crippen LogP contribution in [0.2, 0.25) is 0 Å². The monoisotopic (exact) mass is 358 g/mol. The van der Waals surface area contributed by atoms with E-state index in [1.807, 2.05) is 24.3 Å². The number of rotatable bonds is 9. The number of fused-ring (bicyclic) bond motifs is 1. The van der Waals surface area contributed by atoms with Crippen LogP contribution in [0.15, 0.2) is 35.1 Å². The summed E-state index contributed by atoms with van der Waals surface area (Å²) >= 11 is 0. The summed E-state index contributed by atoms with van der Waals surface area (Å²) in [4.78, 5) is 27.3. The highest BCUT2D eigenvalue weighted by molar-refractivity contribution is 6.03. The second-order valence-corrected chi connectivity index (χ2v) is 6.91. The molecule has 26 heavy (non-hydrogen) atoms. The third-order valence-electron chi connectivity index (χ3n) is 4.70. The molecule has 0 saturated carbocycles. The van der Waals surface area contributed by atoms with Gasteiger partial charge >= 0.3 is 5.97 Å². The Hall–Kier alpha value is -2.14. The number of hydrogen-bond donors (Lipinski definition) is 0. The number of aromatic nitrogens is 1. The van der Waals surface area contributed by atoms with Crippen LogP contribution in [0, 0.1) is 5.92 Å². The van der Waals surface area contributed by atoms with Gasteiger partial charge in [0, 0.05) is 24.5 Å². The molecule has 0 aliphatic rings. The van der Waals surface area contributed by atoms with E-state index < -0.39 is 5.97 Å². The Morgan fingerprint density at radius 1 is 1.19 bits per heavy atom. The highest BCUT2D eigenvalue weighted by Gasteiger charge is 2.16. The lowest BCUT2D eigenvalue weighted by atomic mass is 10.1. The quantitative estimate of drug-likeness (QED) is 0.643. The zero-order valence-electron chi connectivity index (χ0n) is 16.3. The molecule has 0 spiro atoms. The Morgan fingerprint density at radius 2 is 1.88 bits per heavy atom. The summed E-state index contributed by atoms with van der Waals surface area (Å²) < 4.78 is 7.19. The molecule has 5 nitrogen and oxygen atoms in total. The van der Waals surface area contributed by atoms with Gasteiger partial charge in [-0.15, -0.1) is 0 Å². The van der Waals surface area contributed by atoms with Crippen molar-refractivity contribution in [2.45, 2.75) is 40.7 Å². The van der Waals surface area contributed by atoms with Crippen LogP contribution in [-0.2, 0) is 11.3 Å². The predicted octanol–water partition coefficient (Wildman–Crippen LogP) is 3.55. The third kappa shape index (κ3) is 4.94. The largest absolute Gasteiger partial charge is 0.461 e. The average Bonchev–Trinajstić information content (AvgIpc) is 2.63. The average molecular weight is 358 g/mol. The Kier molecular flexibility index (Phi) is 7.39. The first-order chi connectivity index (χ1) is 12.5. The minimum Gasteiger partial charge on any atom is -0.461 e. The maximum Gasteiger partial charge on any atom is 0.339 e. The van der Waals surface area contributed by atoms with Crippen LogP contribution in [0.1, 0.15) is 44.5 Å². The number of ether oxygens (including phenoxy) is 1. The van der Waals surface area contributed by atoms with Gasteiger partial charge in [0.05, 0.1) is 11.1 Å². The van der Waals surface area contributed by atoms with Crippen LogP contribution in [0.25, 0.3) is 10.9 Å². The molecular weight excluding hydrogens is 328 g/mol. The van der Waals surface area contributed by atoms with Gasteiger partial charge in [0.2, 0.25) is 0 Å². The minimum atomic E-state index is -0.429. The number of carbonyl (C=O) groups is 1. The van der Waals surface area contributed by atoms with Crippen LogP contribution in [0.4, 0.5) is 0 Å². The van der Waals surface area contributed by atoms with Gasteiger partial charge in [-0.25, -0.2) is 4.79 Å². The predicted molar refractivity (Wildman–Crippen MR) is 106 cm³/mol. The Labute approximate surface area is 155 Å². The van der Waals surface area contributed by atoms with Crippen molar-refractivity contribution in [3.05, 3.63) is 46.2 Å². The molecule has 0 fully saturated rings. The molecule has 2 aromatic rings. The Morgan fingerprint density at radius 3 is 2.54 bits per heavy atom. The lowest BCUT2D eigenvalue weighted by Gasteiger charge is -2.18. The number of para-hydroxylation sites is 1. The maximum absolute atomic E-state index is 12.6. The van der Waals surface area contributed by atoms with E-state index in [0.717, 1.165) is 30.4 Å². The van der Waals surface area contributed by atoms with Crippen molar-refractivity contribution in [3.63, 3.8) is 0 Å². The molecular formula is C21H30N2O3. The minimum absolute atomic E-state index is 0.153. The van der Waals surface area contributed by atoms with E-state index in [4.69, 9.17) is 4.74 Å². The molecule has 0 bridgehead atoms. The number of aryl methyl sites for hydroxylation is 1. The normalized spacial score (nSPS) is 11.5. The van der Waals surface area contributed by atoms with Gasteiger partial charge < -0.3 is 14.2 Å². The number of likely N-dealkylation sites (N-methyl/N-ethyl adjacent to an activating group) is 1. The van der Waals surface area contributed by atoms with Crippen molar-refractivity contribution >= 4 is 16.9 Å². The summed E-state index contributed by atoms with van der Waals surface area (Å²) in [6, 6.07) is 8.96. The Balaban J connectivity index is 2.27. The van der Waals surface area contributed by atoms with E-state index in [9.17, 15) is 9.59 Å². The fourth-order valence-corrected chi connectivity index (χ4v) is 3.01. The van der Waals surface area contributed by atoms with E-state index in [1.165, 1.54) is 6.07 Å². The highest BCUT2D eigenvalue weighted by atomic mass is 16.5. The van der Waals surface area contributed by atoms with Crippen LogP contribution in [0.3, 0.4) is 0 Å². The molecule has 0 atom stereocenters. The lowest BCUT2D eigenvalue weighted by Crippen LogP contribution is -2.28. The summed E-state index contributed by atoms with van der Waals surface area (Å²) in [7, 11) is 0. The summed E-state index contributed by atoms with van der Waals surface area (Å²) in [6.07, 6.45) is 0.914. The second-order valence-electron chi connectivity index (χ2n) is 6.91. The smallest absolute Gasteiger partial charge is 0.339 e. The third-order valence-corrected chi connectivity index (χ3v) is 4.70. The van der Waals surface area contributed by atoms with Crippen LogP contribution < -0.4 is 5.56 Å². The van der Waals surface area contributed by atoms with Gasteiger partial charge in [0.25, 0.3) is 5.56 Å². The van der Waals surface area contributed by atoms with E-state index in [2.05, 4.69) is 32.6 Å². The molecule has 1 heterocycles. The van der Waals surface area contributed by atoms with Gasteiger partial charge in [0.15, 0.2) is 0 Å². The molecule has 5 heteroatoms. The molecule has 0 N–H and O–H groups in total. The molecule has 0 radical (unpaired) electrons. The van der Waals surface area contributed by atoms with E-state index in [0.29, 0.717) is 31.2 Å². The number of nitrogens with zero attached hydrogens (tertiary/aromatic N) is 2. The van der Waals surface area contributed by atoms with Crippen LogP contribution in [-0.4, -0.2) is 41.7 Å². The first-order valence-electron chi connectivity index (χ1n) is 9.50. The molecule has 0 saturated heterocycles. The van der Waals surface area contributed by atoms with Gasteiger partial charge in [-0.1, -0.05) is 45.9 Å². The topological polar surface area (TPSA) is 51.5 Å². The van der Waals surface area contributed by atoms with E-state index in [-0.39, 0.29) is 5.56 Å². The molecule has 0 unspecified atom stereocenters. The van der Waals surface area contributed by atoms with Crippen molar-refractivity contribution in [2.24, 2.45) is 5.92 Å². The molecule has 142 valence electrons. The SMILES string of the molecule is CCN(CC)CCOC(=O)c1cc(=O)n(CCC(C)C)c2ccccc12. The van der Waals surface area contributed by atoms with E-state index >= 15 is 0 Å². The zero-order chi connectivity index (χ0) is 19.1. The summed E-state index contributed by atoms with van der Waals surface area (Å²) in [5, 5.41) is 0.767. The Bertz CT molecular complexity index is 791. The lowest BCUT2D eigenvalue weighted by molar-refractivity contribution is 0.0468. The number of hydrogen-bond acceptors (Lipinski definition) is 4. The van der Waals surface area contributed by atoms with Gasteiger partial charge in [0.1, 0.15) is 6.61 Å². The fourth-order valence-electron chi connectivity index (χ4n) is 3.01. The summed E-state index contributed by atoms with van der Waals surface area (Å²) in [5.74, 6) is 0.0758. The molecule has 0 aliphatic carbocycles. The maximum atomic E-state index is 12.6. The first-order valence-corrected chi connectivity index (χ1v) is 9.50. The number of benzene rings is 1. The van der Waals surface area contributed by atoms with Crippen molar-refractivity contribution in [2.75, 3.05) is 26.2 Å². The van der Waals surface area contributed by atoms with Gasteiger partial charge in [-0.3, -0.25) is 4.79 Å². The second kappa shape index (κ2) is 9.53. The highest BCUT2D eigenvalue weighted by Crippen LogP contribution is 2.18. The van der Waals surface area contributed by atoms with Crippen LogP contribution >= 0.6 is 0 Å². The molecule has 1 aromatic carbocycles. The van der Waals surface area contributed by atoms with E-state index in [1.54, 1.807) is 4.57 Å². The van der Waals surface area contributed by atoms with Crippen molar-refractivity contribution < 1.29 is 9.53 Å². The number of carbonyl (C=O) groups excluding carboxylic acids is 1. The van der Waals surface area contributed by atoms with Crippen molar-refractivity contribution in [3.8, 4) is 0 Å².